The molecule has 0 aromatic heterocycles. The fourth-order valence-electron chi connectivity index (χ4n) is 2.43. The van der Waals surface area contributed by atoms with Gasteiger partial charge in [-0.15, -0.1) is 0 Å². The Hall–Kier alpha value is -1.70. The molecular weight excluding hydrogens is 390 g/mol. The predicted molar refractivity (Wildman–Crippen MR) is 108 cm³/mol. The van der Waals surface area contributed by atoms with Crippen LogP contribution in [-0.2, 0) is 9.53 Å². The van der Waals surface area contributed by atoms with Crippen molar-refractivity contribution in [3.8, 4) is 11.5 Å². The second-order valence-electron chi connectivity index (χ2n) is 6.05. The first-order chi connectivity index (χ1) is 12.9. The van der Waals surface area contributed by atoms with Gasteiger partial charge in [0, 0.05) is 20.3 Å². The zero-order valence-corrected chi connectivity index (χ0v) is 17.5. The van der Waals surface area contributed by atoms with Gasteiger partial charge in [-0.05, 0) is 55.3 Å². The minimum absolute atomic E-state index is 0.00847. The summed E-state index contributed by atoms with van der Waals surface area (Å²) in [5.74, 6) is 0.642. The van der Waals surface area contributed by atoms with E-state index >= 15 is 0 Å². The Kier molecular flexibility index (Phi) is 8.01. The Bertz CT molecular complexity index is 737. The van der Waals surface area contributed by atoms with Gasteiger partial charge >= 0.3 is 0 Å². The first-order valence-corrected chi connectivity index (χ1v) is 9.89. The molecule has 1 aliphatic rings. The Morgan fingerprint density at radius 2 is 2.04 bits per heavy atom. The maximum Gasteiger partial charge on any atom is 0.293 e. The van der Waals surface area contributed by atoms with Crippen LogP contribution in [0.4, 0.5) is 4.79 Å². The van der Waals surface area contributed by atoms with Crippen LogP contribution in [0.3, 0.4) is 0 Å². The smallest absolute Gasteiger partial charge is 0.293 e. The summed E-state index contributed by atoms with van der Waals surface area (Å²) >= 11 is 7.28. The summed E-state index contributed by atoms with van der Waals surface area (Å²) in [5, 5.41) is 0.109. The Balaban J connectivity index is 2.24. The van der Waals surface area contributed by atoms with Crippen molar-refractivity contribution in [2.75, 3.05) is 27.4 Å². The van der Waals surface area contributed by atoms with E-state index in [0.717, 1.165) is 18.2 Å². The number of benzene rings is 1. The second kappa shape index (κ2) is 10.0. The van der Waals surface area contributed by atoms with E-state index in [1.807, 2.05) is 13.8 Å². The number of halogens is 1. The largest absolute Gasteiger partial charge is 0.493 e. The van der Waals surface area contributed by atoms with Crippen molar-refractivity contribution in [3.05, 3.63) is 27.6 Å². The van der Waals surface area contributed by atoms with Crippen LogP contribution in [0, 0.1) is 0 Å². The molecule has 1 heterocycles. The maximum atomic E-state index is 12.5. The molecule has 0 bridgehead atoms. The molecule has 0 N–H and O–H groups in total. The van der Waals surface area contributed by atoms with Gasteiger partial charge in [0.05, 0.1) is 23.1 Å². The van der Waals surface area contributed by atoms with Crippen LogP contribution in [0.15, 0.2) is 17.0 Å². The minimum atomic E-state index is -0.309. The van der Waals surface area contributed by atoms with E-state index in [0.29, 0.717) is 46.6 Å². The fraction of sp³-hybridized carbons (Fsp3) is 0.474. The van der Waals surface area contributed by atoms with E-state index in [1.54, 1.807) is 25.3 Å². The lowest BCUT2D eigenvalue weighted by Crippen LogP contribution is -2.29. The van der Waals surface area contributed by atoms with Crippen molar-refractivity contribution >= 4 is 40.6 Å². The lowest BCUT2D eigenvalue weighted by Gasteiger charge is -2.17. The number of ether oxygens (including phenoxy) is 3. The van der Waals surface area contributed by atoms with E-state index in [2.05, 4.69) is 0 Å². The van der Waals surface area contributed by atoms with Crippen LogP contribution >= 0.6 is 23.4 Å². The standard InChI is InChI=1S/C19H24ClNO5S/c1-5-12(2)26-17-14(20)9-13(10-15(17)25-4)11-16-18(22)21(19(23)27-16)7-6-8-24-3/h9-12H,5-8H2,1-4H3/b16-11+/t12-/m1/s1. The van der Waals surface area contributed by atoms with Crippen molar-refractivity contribution in [3.63, 3.8) is 0 Å². The van der Waals surface area contributed by atoms with Crippen LogP contribution in [0.2, 0.25) is 5.02 Å². The van der Waals surface area contributed by atoms with Crippen molar-refractivity contribution in [1.29, 1.82) is 0 Å². The fourth-order valence-corrected chi connectivity index (χ4v) is 3.56. The van der Waals surface area contributed by atoms with Crippen LogP contribution in [0.1, 0.15) is 32.3 Å². The van der Waals surface area contributed by atoms with Crippen molar-refractivity contribution in [2.24, 2.45) is 0 Å². The number of hydrogen-bond acceptors (Lipinski definition) is 6. The Labute approximate surface area is 168 Å². The summed E-state index contributed by atoms with van der Waals surface area (Å²) in [6, 6.07) is 3.43. The highest BCUT2D eigenvalue weighted by Crippen LogP contribution is 2.39. The topological polar surface area (TPSA) is 65.1 Å². The van der Waals surface area contributed by atoms with Gasteiger partial charge in [0.15, 0.2) is 11.5 Å². The molecule has 2 rings (SSSR count). The molecule has 0 spiro atoms. The summed E-state index contributed by atoms with van der Waals surface area (Å²) in [6.07, 6.45) is 3.06. The normalized spacial score (nSPS) is 16.9. The van der Waals surface area contributed by atoms with Gasteiger partial charge in [-0.1, -0.05) is 18.5 Å². The molecule has 8 heteroatoms. The van der Waals surface area contributed by atoms with Gasteiger partial charge < -0.3 is 14.2 Å². The third-order valence-electron chi connectivity index (χ3n) is 4.05. The SMILES string of the molecule is CC[C@@H](C)Oc1c(Cl)cc(/C=C2/SC(=O)N(CCCOC)C2=O)cc1OC. The number of hydrogen-bond donors (Lipinski definition) is 0. The average molecular weight is 414 g/mol. The highest BCUT2D eigenvalue weighted by molar-refractivity contribution is 8.18. The molecule has 1 aromatic carbocycles. The van der Waals surface area contributed by atoms with Gasteiger partial charge in [-0.3, -0.25) is 14.5 Å². The second-order valence-corrected chi connectivity index (χ2v) is 7.45. The molecule has 1 aliphatic heterocycles. The van der Waals surface area contributed by atoms with E-state index in [4.69, 9.17) is 25.8 Å². The molecule has 1 aromatic rings. The molecule has 0 saturated carbocycles. The molecule has 27 heavy (non-hydrogen) atoms. The van der Waals surface area contributed by atoms with Crippen LogP contribution in [0.25, 0.3) is 6.08 Å². The van der Waals surface area contributed by atoms with E-state index in [-0.39, 0.29) is 17.3 Å². The Morgan fingerprint density at radius 1 is 1.30 bits per heavy atom. The van der Waals surface area contributed by atoms with Crippen molar-refractivity contribution in [1.82, 2.24) is 4.90 Å². The van der Waals surface area contributed by atoms with Gasteiger partial charge in [0.2, 0.25) is 0 Å². The van der Waals surface area contributed by atoms with E-state index < -0.39 is 0 Å². The van der Waals surface area contributed by atoms with Crippen molar-refractivity contribution in [2.45, 2.75) is 32.8 Å². The number of thioether (sulfide) groups is 1. The van der Waals surface area contributed by atoms with Crippen LogP contribution < -0.4 is 9.47 Å². The monoisotopic (exact) mass is 413 g/mol. The molecule has 0 aliphatic carbocycles. The number of carbonyl (C=O) groups excluding carboxylic acids is 2. The van der Waals surface area contributed by atoms with E-state index in [1.165, 1.54) is 12.0 Å². The zero-order chi connectivity index (χ0) is 20.0. The summed E-state index contributed by atoms with van der Waals surface area (Å²) in [5.41, 5.74) is 0.663. The maximum absolute atomic E-state index is 12.5. The van der Waals surface area contributed by atoms with Crippen LogP contribution in [0.5, 0.6) is 11.5 Å². The molecule has 0 unspecified atom stereocenters. The molecule has 148 valence electrons. The molecule has 0 radical (unpaired) electrons. The summed E-state index contributed by atoms with van der Waals surface area (Å²) in [4.78, 5) is 26.2. The zero-order valence-electron chi connectivity index (χ0n) is 15.9. The van der Waals surface area contributed by atoms with Crippen LogP contribution in [-0.4, -0.2) is 49.5 Å². The Morgan fingerprint density at radius 3 is 2.67 bits per heavy atom. The summed E-state index contributed by atoms with van der Waals surface area (Å²) in [6.45, 7) is 4.79. The minimum Gasteiger partial charge on any atom is -0.493 e. The highest BCUT2D eigenvalue weighted by Gasteiger charge is 2.34. The summed E-state index contributed by atoms with van der Waals surface area (Å²) < 4.78 is 16.2. The lowest BCUT2D eigenvalue weighted by molar-refractivity contribution is -0.122. The molecule has 1 saturated heterocycles. The first-order valence-electron chi connectivity index (χ1n) is 8.69. The van der Waals surface area contributed by atoms with Gasteiger partial charge in [0.1, 0.15) is 0 Å². The first kappa shape index (κ1) is 21.6. The quantitative estimate of drug-likeness (QED) is 0.435. The highest BCUT2D eigenvalue weighted by atomic mass is 35.5. The van der Waals surface area contributed by atoms with Gasteiger partial charge in [0.25, 0.3) is 11.1 Å². The predicted octanol–water partition coefficient (Wildman–Crippen LogP) is 4.60. The molecule has 2 amide bonds. The van der Waals surface area contributed by atoms with Gasteiger partial charge in [-0.2, -0.15) is 0 Å². The average Bonchev–Trinajstić information content (AvgIpc) is 2.90. The number of amides is 2. The number of carbonyl (C=O) groups is 2. The molecule has 1 atom stereocenters. The molecule has 1 fully saturated rings. The molecular formula is C19H24ClNO5S. The number of imide groups is 1. The van der Waals surface area contributed by atoms with Crippen molar-refractivity contribution < 1.29 is 23.8 Å². The lowest BCUT2D eigenvalue weighted by atomic mass is 10.1. The molecule has 6 nitrogen and oxygen atoms in total. The third kappa shape index (κ3) is 5.40. The third-order valence-corrected chi connectivity index (χ3v) is 5.24. The number of rotatable bonds is 9. The van der Waals surface area contributed by atoms with Gasteiger partial charge in [-0.25, -0.2) is 0 Å². The van der Waals surface area contributed by atoms with E-state index in [9.17, 15) is 9.59 Å². The number of nitrogens with zero attached hydrogens (tertiary/aromatic N) is 1. The summed E-state index contributed by atoms with van der Waals surface area (Å²) in [7, 11) is 3.11. The number of methoxy groups -OCH3 is 2.